The number of urea groups is 1. The molecule has 3 aromatic carbocycles. The number of carbonyl (C=O) groups is 3. The van der Waals surface area contributed by atoms with Gasteiger partial charge >= 0.3 is 6.03 Å². The van der Waals surface area contributed by atoms with Gasteiger partial charge in [0.15, 0.2) is 0 Å². The summed E-state index contributed by atoms with van der Waals surface area (Å²) < 4.78 is 10.4. The molecular weight excluding hydrogens is 496 g/mol. The Hall–Kier alpha value is -4.63. The number of hydrogen-bond donors (Lipinski definition) is 2. The zero-order valence-electron chi connectivity index (χ0n) is 21.6. The van der Waals surface area contributed by atoms with Gasteiger partial charge in [0.1, 0.15) is 17.8 Å². The highest BCUT2D eigenvalue weighted by Gasteiger charge is 2.53. The molecule has 0 aliphatic carbocycles. The summed E-state index contributed by atoms with van der Waals surface area (Å²) in [5.74, 6) is 0.126. The van der Waals surface area contributed by atoms with Crippen molar-refractivity contribution in [2.75, 3.05) is 32.3 Å². The van der Waals surface area contributed by atoms with Crippen molar-refractivity contribution in [3.05, 3.63) is 95.2 Å². The molecule has 2 atom stereocenters. The highest BCUT2D eigenvalue weighted by molar-refractivity contribution is 6.22. The number of methoxy groups -OCH3 is 2. The molecule has 0 unspecified atom stereocenters. The van der Waals surface area contributed by atoms with E-state index >= 15 is 0 Å². The molecule has 3 heterocycles. The van der Waals surface area contributed by atoms with Gasteiger partial charge < -0.3 is 19.8 Å². The maximum Gasteiger partial charge on any atom is 0.332 e. The third-order valence-corrected chi connectivity index (χ3v) is 7.44. The zero-order valence-corrected chi connectivity index (χ0v) is 21.6. The first-order chi connectivity index (χ1) is 19.0. The van der Waals surface area contributed by atoms with Gasteiger partial charge in [0.2, 0.25) is 0 Å². The number of fused-ring (bicyclic) bond motifs is 4. The van der Waals surface area contributed by atoms with Crippen LogP contribution >= 0.6 is 0 Å². The van der Waals surface area contributed by atoms with Crippen molar-refractivity contribution in [2.45, 2.75) is 18.5 Å². The van der Waals surface area contributed by atoms with Crippen molar-refractivity contribution < 1.29 is 23.9 Å². The summed E-state index contributed by atoms with van der Waals surface area (Å²) >= 11 is 0. The molecule has 0 radical (unpaired) electrons. The first-order valence-electron chi connectivity index (χ1n) is 12.8. The number of aromatic amines is 1. The van der Waals surface area contributed by atoms with Crippen LogP contribution < -0.4 is 15.0 Å². The highest BCUT2D eigenvalue weighted by Crippen LogP contribution is 2.45. The van der Waals surface area contributed by atoms with E-state index in [1.165, 1.54) is 4.90 Å². The SMILES string of the molecule is COCCNC(=O)c1ccc(N2C(=O)[C@@H]3Cc4c([nH]c5ccccc45)[C@H](c4cccc(OC)c4)N3C2=O)cc1. The van der Waals surface area contributed by atoms with E-state index in [0.717, 1.165) is 27.7 Å². The normalized spacial score (nSPS) is 18.3. The molecule has 2 N–H and O–H groups in total. The second kappa shape index (κ2) is 9.92. The fourth-order valence-electron chi connectivity index (χ4n) is 5.60. The van der Waals surface area contributed by atoms with Crippen LogP contribution in [-0.4, -0.2) is 61.1 Å². The topological polar surface area (TPSA) is 104 Å². The number of hydrogen-bond acceptors (Lipinski definition) is 5. The number of nitrogens with one attached hydrogen (secondary N) is 2. The van der Waals surface area contributed by atoms with Crippen LogP contribution in [-0.2, 0) is 16.0 Å². The summed E-state index contributed by atoms with van der Waals surface area (Å²) in [5, 5.41) is 3.81. The molecule has 0 spiro atoms. The molecule has 9 heteroatoms. The maximum absolute atomic E-state index is 14.0. The van der Waals surface area contributed by atoms with E-state index in [9.17, 15) is 14.4 Å². The van der Waals surface area contributed by atoms with Crippen molar-refractivity contribution in [1.82, 2.24) is 15.2 Å². The summed E-state index contributed by atoms with van der Waals surface area (Å²) in [4.78, 5) is 46.7. The first-order valence-corrected chi connectivity index (χ1v) is 12.8. The fourth-order valence-corrected chi connectivity index (χ4v) is 5.60. The number of aromatic nitrogens is 1. The standard InChI is InChI=1S/C30H28N4O5/c1-38-15-14-31-28(35)18-10-12-20(13-11-18)33-29(36)25-17-23-22-8-3-4-9-24(22)32-26(23)27(34(25)30(33)37)19-6-5-7-21(16-19)39-2/h3-13,16,25,27,32H,14-15,17H2,1-2H3,(H,31,35)/t25-,27-/m0/s1. The van der Waals surface area contributed by atoms with Crippen LogP contribution in [0.4, 0.5) is 10.5 Å². The number of imide groups is 1. The Morgan fingerprint density at radius 2 is 1.82 bits per heavy atom. The maximum atomic E-state index is 14.0. The summed E-state index contributed by atoms with van der Waals surface area (Å²) in [6.45, 7) is 0.793. The van der Waals surface area contributed by atoms with Gasteiger partial charge in [0.05, 0.1) is 19.4 Å². The lowest BCUT2D eigenvalue weighted by molar-refractivity contribution is -0.120. The summed E-state index contributed by atoms with van der Waals surface area (Å²) in [6.07, 6.45) is 0.404. The molecule has 1 saturated heterocycles. The number of nitrogens with zero attached hydrogens (tertiary/aromatic N) is 2. The van der Waals surface area contributed by atoms with E-state index < -0.39 is 18.1 Å². The Morgan fingerprint density at radius 3 is 2.59 bits per heavy atom. The van der Waals surface area contributed by atoms with Gasteiger partial charge in [-0.3, -0.25) is 14.5 Å². The summed E-state index contributed by atoms with van der Waals surface area (Å²) in [5.41, 5.74) is 4.59. The van der Waals surface area contributed by atoms with Gasteiger partial charge in [-0.25, -0.2) is 9.69 Å². The monoisotopic (exact) mass is 524 g/mol. The summed E-state index contributed by atoms with van der Waals surface area (Å²) in [7, 11) is 3.17. The lowest BCUT2D eigenvalue weighted by atomic mass is 9.89. The lowest BCUT2D eigenvalue weighted by Crippen LogP contribution is -2.44. The van der Waals surface area contributed by atoms with Gasteiger partial charge in [0, 0.05) is 42.2 Å². The third kappa shape index (κ3) is 4.11. The van der Waals surface area contributed by atoms with Crippen LogP contribution in [0.15, 0.2) is 72.8 Å². The number of anilines is 1. The minimum absolute atomic E-state index is 0.251. The highest BCUT2D eigenvalue weighted by atomic mass is 16.5. The third-order valence-electron chi connectivity index (χ3n) is 7.44. The number of benzene rings is 3. The van der Waals surface area contributed by atoms with Crippen molar-refractivity contribution in [3.63, 3.8) is 0 Å². The second-order valence-corrected chi connectivity index (χ2v) is 9.62. The van der Waals surface area contributed by atoms with Crippen LogP contribution in [0.5, 0.6) is 5.75 Å². The predicted molar refractivity (Wildman–Crippen MR) is 146 cm³/mol. The number of para-hydroxylation sites is 1. The Morgan fingerprint density at radius 1 is 1.03 bits per heavy atom. The van der Waals surface area contributed by atoms with Gasteiger partial charge in [-0.1, -0.05) is 30.3 Å². The molecule has 4 aromatic rings. The average molecular weight is 525 g/mol. The van der Waals surface area contributed by atoms with Crippen LogP contribution in [0.1, 0.15) is 33.2 Å². The predicted octanol–water partition coefficient (Wildman–Crippen LogP) is 4.04. The van der Waals surface area contributed by atoms with Crippen LogP contribution in [0, 0.1) is 0 Å². The van der Waals surface area contributed by atoms with E-state index in [1.807, 2.05) is 48.5 Å². The van der Waals surface area contributed by atoms with Gasteiger partial charge in [-0.2, -0.15) is 0 Å². The van der Waals surface area contributed by atoms with E-state index in [0.29, 0.717) is 36.6 Å². The Balaban J connectivity index is 1.39. The molecule has 6 rings (SSSR count). The lowest BCUT2D eigenvalue weighted by Gasteiger charge is -2.36. The minimum atomic E-state index is -0.669. The molecule has 2 aliphatic heterocycles. The minimum Gasteiger partial charge on any atom is -0.497 e. The molecule has 1 aromatic heterocycles. The zero-order chi connectivity index (χ0) is 27.1. The van der Waals surface area contributed by atoms with E-state index in [-0.39, 0.29) is 11.8 Å². The molecule has 4 amide bonds. The molecule has 0 saturated carbocycles. The Kier molecular flexibility index (Phi) is 6.28. The smallest absolute Gasteiger partial charge is 0.332 e. The van der Waals surface area contributed by atoms with E-state index in [1.54, 1.807) is 43.4 Å². The number of carbonyl (C=O) groups excluding carboxylic acids is 3. The number of ether oxygens (including phenoxy) is 2. The van der Waals surface area contributed by atoms with Crippen molar-refractivity contribution >= 4 is 34.4 Å². The average Bonchev–Trinajstić information content (AvgIpc) is 3.46. The Labute approximate surface area is 225 Å². The second-order valence-electron chi connectivity index (χ2n) is 9.62. The quantitative estimate of drug-likeness (QED) is 0.281. The molecular formula is C30H28N4O5. The van der Waals surface area contributed by atoms with Gasteiger partial charge in [0.25, 0.3) is 11.8 Å². The molecule has 2 aliphatic rings. The largest absolute Gasteiger partial charge is 0.497 e. The van der Waals surface area contributed by atoms with Crippen molar-refractivity contribution in [1.29, 1.82) is 0 Å². The fraction of sp³-hybridized carbons (Fsp3) is 0.233. The molecule has 0 bridgehead atoms. The Bertz CT molecular complexity index is 1580. The van der Waals surface area contributed by atoms with Crippen LogP contribution in [0.3, 0.4) is 0 Å². The summed E-state index contributed by atoms with van der Waals surface area (Å²) in [6, 6.07) is 20.5. The van der Waals surface area contributed by atoms with Crippen molar-refractivity contribution in [3.8, 4) is 5.75 Å². The first kappa shape index (κ1) is 24.7. The van der Waals surface area contributed by atoms with E-state index in [2.05, 4.69) is 10.3 Å². The van der Waals surface area contributed by atoms with Gasteiger partial charge in [-0.05, 0) is 53.6 Å². The van der Waals surface area contributed by atoms with Crippen LogP contribution in [0.25, 0.3) is 10.9 Å². The molecule has 9 nitrogen and oxygen atoms in total. The molecule has 198 valence electrons. The molecule has 39 heavy (non-hydrogen) atoms. The van der Waals surface area contributed by atoms with E-state index in [4.69, 9.17) is 9.47 Å². The number of amides is 4. The van der Waals surface area contributed by atoms with Gasteiger partial charge in [-0.15, -0.1) is 0 Å². The van der Waals surface area contributed by atoms with Crippen molar-refractivity contribution in [2.24, 2.45) is 0 Å². The molecule has 1 fully saturated rings. The number of H-pyrrole nitrogens is 1. The van der Waals surface area contributed by atoms with Crippen LogP contribution in [0.2, 0.25) is 0 Å². The number of rotatable bonds is 7.